The summed E-state index contributed by atoms with van der Waals surface area (Å²) in [5.74, 6) is 2.67. The van der Waals surface area contributed by atoms with Crippen LogP contribution in [-0.2, 0) is 0 Å². The van der Waals surface area contributed by atoms with Crippen LogP contribution in [0.15, 0.2) is 0 Å². The van der Waals surface area contributed by atoms with Gasteiger partial charge in [-0.3, -0.25) is 0 Å². The molecule has 0 aromatic rings. The number of hydrogen-bond acceptors (Lipinski definition) is 0. The second-order valence-electron chi connectivity index (χ2n) is 6.70. The van der Waals surface area contributed by atoms with E-state index in [1.807, 2.05) is 0 Å². The molecule has 0 heteroatoms. The fourth-order valence-corrected chi connectivity index (χ4v) is 3.11. The first-order valence-electron chi connectivity index (χ1n) is 6.23. The Hall–Kier alpha value is 0. The highest BCUT2D eigenvalue weighted by Gasteiger charge is 2.48. The van der Waals surface area contributed by atoms with Crippen molar-refractivity contribution in [1.29, 1.82) is 0 Å². The van der Waals surface area contributed by atoms with Gasteiger partial charge < -0.3 is 0 Å². The molecule has 3 unspecified atom stereocenters. The highest BCUT2D eigenvalue weighted by Crippen LogP contribution is 2.56. The molecule has 1 saturated carbocycles. The van der Waals surface area contributed by atoms with Gasteiger partial charge in [0.25, 0.3) is 0 Å². The zero-order chi connectivity index (χ0) is 11.1. The molecule has 0 saturated heterocycles. The Morgan fingerprint density at radius 3 is 2.00 bits per heavy atom. The van der Waals surface area contributed by atoms with Gasteiger partial charge in [-0.1, -0.05) is 54.9 Å². The molecule has 0 heterocycles. The van der Waals surface area contributed by atoms with Crippen LogP contribution in [0, 0.1) is 28.6 Å². The predicted molar refractivity (Wildman–Crippen MR) is 64.3 cm³/mol. The van der Waals surface area contributed by atoms with Crippen molar-refractivity contribution in [3.8, 4) is 0 Å². The molecule has 0 N–H and O–H groups in total. The molecule has 0 bridgehead atoms. The maximum absolute atomic E-state index is 2.46. The van der Waals surface area contributed by atoms with Gasteiger partial charge in [-0.2, -0.15) is 0 Å². The monoisotopic (exact) mass is 196 g/mol. The first kappa shape index (κ1) is 12.1. The Kier molecular flexibility index (Phi) is 3.05. The van der Waals surface area contributed by atoms with E-state index in [-0.39, 0.29) is 0 Å². The molecule has 0 aromatic carbocycles. The van der Waals surface area contributed by atoms with E-state index < -0.39 is 0 Å². The van der Waals surface area contributed by atoms with Crippen LogP contribution in [0.5, 0.6) is 0 Å². The van der Waals surface area contributed by atoms with E-state index in [0.717, 1.165) is 17.8 Å². The van der Waals surface area contributed by atoms with Crippen LogP contribution < -0.4 is 0 Å². The molecule has 0 radical (unpaired) electrons. The van der Waals surface area contributed by atoms with Crippen LogP contribution in [0.2, 0.25) is 0 Å². The van der Waals surface area contributed by atoms with Crippen LogP contribution in [-0.4, -0.2) is 0 Å². The van der Waals surface area contributed by atoms with Gasteiger partial charge >= 0.3 is 0 Å². The van der Waals surface area contributed by atoms with Crippen molar-refractivity contribution in [2.45, 2.75) is 61.3 Å². The van der Waals surface area contributed by atoms with E-state index in [4.69, 9.17) is 0 Å². The third-order valence-corrected chi connectivity index (χ3v) is 5.57. The third kappa shape index (κ3) is 1.73. The summed E-state index contributed by atoms with van der Waals surface area (Å²) < 4.78 is 0. The zero-order valence-electron chi connectivity index (χ0n) is 11.1. The lowest BCUT2D eigenvalue weighted by molar-refractivity contribution is 0.119. The molecule has 3 atom stereocenters. The van der Waals surface area contributed by atoms with E-state index in [2.05, 4.69) is 48.5 Å². The van der Waals surface area contributed by atoms with Gasteiger partial charge in [0.15, 0.2) is 0 Å². The Morgan fingerprint density at radius 1 is 1.21 bits per heavy atom. The third-order valence-electron chi connectivity index (χ3n) is 5.57. The molecule has 1 fully saturated rings. The van der Waals surface area contributed by atoms with E-state index >= 15 is 0 Å². The normalized spacial score (nSPS) is 37.5. The molecular formula is C14H28. The molecular weight excluding hydrogens is 168 g/mol. The maximum Gasteiger partial charge on any atom is -0.0300 e. The summed E-state index contributed by atoms with van der Waals surface area (Å²) in [6, 6.07) is 0. The summed E-state index contributed by atoms with van der Waals surface area (Å²) >= 11 is 0. The molecule has 84 valence electrons. The van der Waals surface area contributed by atoms with Crippen molar-refractivity contribution >= 4 is 0 Å². The SMILES string of the molecule is CCC(C)(C)C1CC(C)C(C)(C)C1C. The van der Waals surface area contributed by atoms with Gasteiger partial charge in [-0.05, 0) is 35.0 Å². The summed E-state index contributed by atoms with van der Waals surface area (Å²) in [6.45, 7) is 17.0. The minimum atomic E-state index is 0.529. The highest BCUT2D eigenvalue weighted by atomic mass is 14.5. The fraction of sp³-hybridized carbons (Fsp3) is 1.00. The van der Waals surface area contributed by atoms with Crippen molar-refractivity contribution in [1.82, 2.24) is 0 Å². The summed E-state index contributed by atoms with van der Waals surface area (Å²) in [5.41, 5.74) is 1.07. The molecule has 1 aliphatic carbocycles. The minimum Gasteiger partial charge on any atom is -0.0649 e. The van der Waals surface area contributed by atoms with Crippen molar-refractivity contribution in [2.24, 2.45) is 28.6 Å². The predicted octanol–water partition coefficient (Wildman–Crippen LogP) is 4.74. The molecule has 1 aliphatic rings. The van der Waals surface area contributed by atoms with Crippen molar-refractivity contribution in [3.05, 3.63) is 0 Å². The summed E-state index contributed by atoms with van der Waals surface area (Å²) in [4.78, 5) is 0. The molecule has 14 heavy (non-hydrogen) atoms. The average Bonchev–Trinajstić information content (AvgIpc) is 2.30. The van der Waals surface area contributed by atoms with Crippen LogP contribution in [0.3, 0.4) is 0 Å². The van der Waals surface area contributed by atoms with Crippen LogP contribution >= 0.6 is 0 Å². The second kappa shape index (κ2) is 3.54. The highest BCUT2D eigenvalue weighted by molar-refractivity contribution is 4.97. The summed E-state index contributed by atoms with van der Waals surface area (Å²) in [5, 5.41) is 0. The van der Waals surface area contributed by atoms with Gasteiger partial charge in [0, 0.05) is 0 Å². The molecule has 0 aliphatic heterocycles. The van der Waals surface area contributed by atoms with Crippen LogP contribution in [0.25, 0.3) is 0 Å². The van der Waals surface area contributed by atoms with E-state index in [1.54, 1.807) is 0 Å². The largest absolute Gasteiger partial charge is 0.0649 e. The Bertz CT molecular complexity index is 200. The fourth-order valence-electron chi connectivity index (χ4n) is 3.11. The van der Waals surface area contributed by atoms with Gasteiger partial charge in [-0.15, -0.1) is 0 Å². The van der Waals surface area contributed by atoms with E-state index in [0.29, 0.717) is 10.8 Å². The van der Waals surface area contributed by atoms with Crippen molar-refractivity contribution in [2.75, 3.05) is 0 Å². The van der Waals surface area contributed by atoms with Gasteiger partial charge in [0.2, 0.25) is 0 Å². The van der Waals surface area contributed by atoms with Crippen molar-refractivity contribution < 1.29 is 0 Å². The molecule has 0 aromatic heterocycles. The standard InChI is InChI=1S/C14H28/c1-8-13(4,5)12-9-10(2)14(6,7)11(12)3/h10-12H,8-9H2,1-7H3. The Labute approximate surface area is 90.5 Å². The second-order valence-corrected chi connectivity index (χ2v) is 6.70. The molecule has 0 amide bonds. The zero-order valence-corrected chi connectivity index (χ0v) is 11.1. The lowest BCUT2D eigenvalue weighted by Crippen LogP contribution is -2.30. The quantitative estimate of drug-likeness (QED) is 0.598. The number of rotatable bonds is 2. The van der Waals surface area contributed by atoms with Crippen LogP contribution in [0.4, 0.5) is 0 Å². The Balaban J connectivity index is 2.87. The lowest BCUT2D eigenvalue weighted by Gasteiger charge is -2.37. The Morgan fingerprint density at radius 2 is 1.71 bits per heavy atom. The van der Waals surface area contributed by atoms with Gasteiger partial charge in [0.1, 0.15) is 0 Å². The van der Waals surface area contributed by atoms with Crippen molar-refractivity contribution in [3.63, 3.8) is 0 Å². The van der Waals surface area contributed by atoms with Gasteiger partial charge in [0.05, 0.1) is 0 Å². The van der Waals surface area contributed by atoms with E-state index in [9.17, 15) is 0 Å². The lowest BCUT2D eigenvalue weighted by atomic mass is 9.68. The summed E-state index contributed by atoms with van der Waals surface area (Å²) in [7, 11) is 0. The summed E-state index contributed by atoms with van der Waals surface area (Å²) in [6.07, 6.45) is 2.74. The molecule has 0 spiro atoms. The van der Waals surface area contributed by atoms with Gasteiger partial charge in [-0.25, -0.2) is 0 Å². The van der Waals surface area contributed by atoms with Crippen LogP contribution in [0.1, 0.15) is 61.3 Å². The first-order valence-corrected chi connectivity index (χ1v) is 6.23. The maximum atomic E-state index is 2.46. The average molecular weight is 196 g/mol. The molecule has 0 nitrogen and oxygen atoms in total. The number of hydrogen-bond donors (Lipinski definition) is 0. The first-order chi connectivity index (χ1) is 6.23. The minimum absolute atomic E-state index is 0.529. The molecule has 1 rings (SSSR count). The van der Waals surface area contributed by atoms with E-state index in [1.165, 1.54) is 12.8 Å². The smallest absolute Gasteiger partial charge is 0.0300 e. The topological polar surface area (TPSA) is 0 Å².